The number of aromatic amines is 2. The van der Waals surface area contributed by atoms with Gasteiger partial charge in [0, 0.05) is 55.9 Å². The normalized spacial score (nSPS) is 15.9. The molecule has 0 aromatic carbocycles. The monoisotopic (exact) mass is 1000 g/mol. The van der Waals surface area contributed by atoms with Crippen LogP contribution in [0.2, 0.25) is 0 Å². The van der Waals surface area contributed by atoms with Crippen LogP contribution in [0.25, 0.3) is 0 Å². The average Bonchev–Trinajstić information content (AvgIpc) is 4.15. The van der Waals surface area contributed by atoms with E-state index in [4.69, 9.17) is 16.6 Å². The molecule has 10 amide bonds. The largest absolute Gasteiger partial charge is 0.481 e. The second-order valence-electron chi connectivity index (χ2n) is 16.7. The number of H-pyrrole nitrogens is 2. The molecule has 29 heteroatoms. The zero-order chi connectivity index (χ0) is 52.6. The number of nitrogens with zero attached hydrogens (tertiary/aromatic N) is 2. The fourth-order valence-electron chi connectivity index (χ4n) is 7.03. The highest BCUT2D eigenvalue weighted by atomic mass is 16.4. The molecule has 0 aliphatic carbocycles. The molecule has 71 heavy (non-hydrogen) atoms. The molecule has 1 saturated heterocycles. The molecule has 0 radical (unpaired) electrons. The predicted octanol–water partition coefficient (Wildman–Crippen LogP) is -5.66. The lowest BCUT2D eigenvalue weighted by Crippen LogP contribution is -2.59. The molecule has 0 saturated carbocycles. The maximum Gasteiger partial charge on any atom is 0.326 e. The molecule has 3 heterocycles. The van der Waals surface area contributed by atoms with Crippen molar-refractivity contribution in [2.75, 3.05) is 19.6 Å². The third-order valence-electron chi connectivity index (χ3n) is 11.2. The van der Waals surface area contributed by atoms with Gasteiger partial charge in [0.2, 0.25) is 59.1 Å². The van der Waals surface area contributed by atoms with Gasteiger partial charge in [-0.1, -0.05) is 20.3 Å². The van der Waals surface area contributed by atoms with Crippen LogP contribution in [0.4, 0.5) is 0 Å². The lowest BCUT2D eigenvalue weighted by molar-refractivity contribution is -0.143. The second kappa shape index (κ2) is 29.1. The minimum absolute atomic E-state index is 0.0539. The summed E-state index contributed by atoms with van der Waals surface area (Å²) >= 11 is 0. The first-order chi connectivity index (χ1) is 33.7. The third-order valence-corrected chi connectivity index (χ3v) is 11.2. The second-order valence-corrected chi connectivity index (χ2v) is 16.7. The standard InChI is InChI=1S/C42H63N15O14/c1-3-21(2)35(41(69)49-18-33(61)53-27(42(70)71)8-11-34(62)63)57-40(68)29(14-23-16-46-20-51-23)56-38(66)26(7-10-31(44)59)52-32(60)17-48-36(64)25(6-9-30(43)58)54-39(67)28(13-22-15-45-19-50-22)55-37(65)24-5-4-12-47-24/h15-16,19-21,24-29,35,47H,3-14,17-18H2,1-2H3,(H2,43,58)(H2,44,59)(H,45,50)(H,46,51)(H,48,64)(H,49,69)(H,52,60)(H,53,61)(H,54,67)(H,55,65)(H,56,66)(H,57,68)(H,62,63)(H,70,71). The highest BCUT2D eigenvalue weighted by molar-refractivity contribution is 5.97. The van der Waals surface area contributed by atoms with Crippen molar-refractivity contribution >= 4 is 71.0 Å². The van der Waals surface area contributed by atoms with Crippen LogP contribution in [0.3, 0.4) is 0 Å². The Labute approximate surface area is 406 Å². The summed E-state index contributed by atoms with van der Waals surface area (Å²) < 4.78 is 0. The predicted molar refractivity (Wildman–Crippen MR) is 244 cm³/mol. The Kier molecular flexibility index (Phi) is 23.5. The van der Waals surface area contributed by atoms with Crippen LogP contribution in [-0.2, 0) is 70.4 Å². The van der Waals surface area contributed by atoms with Gasteiger partial charge >= 0.3 is 11.9 Å². The fraction of sp³-hybridized carbons (Fsp3) is 0.571. The van der Waals surface area contributed by atoms with E-state index >= 15 is 0 Å². The SMILES string of the molecule is CCC(C)C(NC(=O)C(Cc1cnc[nH]1)NC(=O)C(CCC(N)=O)NC(=O)CNC(=O)C(CCC(N)=O)NC(=O)C(Cc1cnc[nH]1)NC(=O)C1CCCN1)C(=O)NCC(=O)NC(CCC(=O)O)C(=O)O. The number of hydrogen-bond donors (Lipinski definition) is 15. The summed E-state index contributed by atoms with van der Waals surface area (Å²) in [5.41, 5.74) is 11.5. The molecule has 8 unspecified atom stereocenters. The van der Waals surface area contributed by atoms with E-state index in [-0.39, 0.29) is 25.7 Å². The Bertz CT molecular complexity index is 2180. The minimum Gasteiger partial charge on any atom is -0.481 e. The molecule has 17 N–H and O–H groups in total. The maximum absolute atomic E-state index is 14.0. The number of primary amides is 2. The van der Waals surface area contributed by atoms with Crippen molar-refractivity contribution < 1.29 is 67.7 Å². The maximum atomic E-state index is 14.0. The van der Waals surface area contributed by atoms with Gasteiger partial charge in [-0.2, -0.15) is 0 Å². The fourth-order valence-corrected chi connectivity index (χ4v) is 7.03. The van der Waals surface area contributed by atoms with E-state index in [1.165, 1.54) is 25.0 Å². The summed E-state index contributed by atoms with van der Waals surface area (Å²) in [5.74, 6) is -12.0. The van der Waals surface area contributed by atoms with E-state index in [0.29, 0.717) is 30.8 Å². The third kappa shape index (κ3) is 20.6. The van der Waals surface area contributed by atoms with Crippen LogP contribution in [-0.4, -0.2) is 163 Å². The molecule has 8 atom stereocenters. The highest BCUT2D eigenvalue weighted by Crippen LogP contribution is 2.11. The lowest BCUT2D eigenvalue weighted by atomic mass is 9.97. The van der Waals surface area contributed by atoms with E-state index < -0.39 is 158 Å². The van der Waals surface area contributed by atoms with E-state index in [1.807, 2.05) is 0 Å². The van der Waals surface area contributed by atoms with Gasteiger partial charge in [-0.25, -0.2) is 14.8 Å². The first-order valence-electron chi connectivity index (χ1n) is 22.7. The van der Waals surface area contributed by atoms with E-state index in [0.717, 1.165) is 6.42 Å². The number of aliphatic carboxylic acids is 2. The number of rotatable bonds is 32. The van der Waals surface area contributed by atoms with Gasteiger partial charge in [0.15, 0.2) is 0 Å². The number of amides is 10. The van der Waals surface area contributed by atoms with Crippen molar-refractivity contribution in [3.63, 3.8) is 0 Å². The van der Waals surface area contributed by atoms with Crippen molar-refractivity contribution in [1.82, 2.24) is 67.8 Å². The Balaban J connectivity index is 1.74. The lowest BCUT2D eigenvalue weighted by Gasteiger charge is -2.27. The van der Waals surface area contributed by atoms with Crippen molar-refractivity contribution in [1.29, 1.82) is 0 Å². The molecule has 29 nitrogen and oxygen atoms in total. The van der Waals surface area contributed by atoms with E-state index in [1.54, 1.807) is 13.8 Å². The summed E-state index contributed by atoms with van der Waals surface area (Å²) in [5, 5.41) is 40.7. The highest BCUT2D eigenvalue weighted by Gasteiger charge is 2.34. The molecule has 1 fully saturated rings. The number of nitrogens with two attached hydrogens (primary N) is 2. The number of carboxylic acid groups (broad SMARTS) is 2. The van der Waals surface area contributed by atoms with Crippen LogP contribution >= 0.6 is 0 Å². The molecule has 1 aliphatic rings. The van der Waals surface area contributed by atoms with Gasteiger partial charge in [-0.3, -0.25) is 52.7 Å². The Morgan fingerprint density at radius 3 is 1.59 bits per heavy atom. The number of aromatic nitrogens is 4. The van der Waals surface area contributed by atoms with Crippen molar-refractivity contribution in [3.8, 4) is 0 Å². The number of hydrogen-bond acceptors (Lipinski definition) is 15. The van der Waals surface area contributed by atoms with Gasteiger partial charge in [-0.15, -0.1) is 0 Å². The number of nitrogens with one attached hydrogen (secondary N) is 11. The minimum atomic E-state index is -1.56. The van der Waals surface area contributed by atoms with Gasteiger partial charge in [0.05, 0.1) is 31.8 Å². The molecule has 2 aromatic rings. The molecule has 1 aliphatic heterocycles. The first-order valence-corrected chi connectivity index (χ1v) is 22.7. The molecule has 2 aromatic heterocycles. The number of carbonyl (C=O) groups excluding carboxylic acids is 10. The number of carbonyl (C=O) groups is 12. The van der Waals surface area contributed by atoms with Crippen molar-refractivity contribution in [3.05, 3.63) is 36.4 Å². The quantitative estimate of drug-likeness (QED) is 0.0325. The van der Waals surface area contributed by atoms with Crippen molar-refractivity contribution in [2.24, 2.45) is 17.4 Å². The zero-order valence-corrected chi connectivity index (χ0v) is 39.2. The van der Waals surface area contributed by atoms with Crippen LogP contribution in [0.15, 0.2) is 25.0 Å². The van der Waals surface area contributed by atoms with Crippen LogP contribution < -0.4 is 59.3 Å². The van der Waals surface area contributed by atoms with Gasteiger partial charge in [0.1, 0.15) is 36.3 Å². The Morgan fingerprint density at radius 1 is 0.634 bits per heavy atom. The topological polar surface area (TPSA) is 463 Å². The van der Waals surface area contributed by atoms with E-state index in [9.17, 15) is 62.6 Å². The van der Waals surface area contributed by atoms with Gasteiger partial charge in [-0.05, 0) is 44.6 Å². The van der Waals surface area contributed by atoms with Crippen LogP contribution in [0.1, 0.15) is 83.0 Å². The summed E-state index contributed by atoms with van der Waals surface area (Å²) in [6, 6.07) is -9.16. The first kappa shape index (κ1) is 57.3. The Hall–Kier alpha value is -7.98. The van der Waals surface area contributed by atoms with Crippen LogP contribution in [0.5, 0.6) is 0 Å². The summed E-state index contributed by atoms with van der Waals surface area (Å²) in [6.45, 7) is 2.36. The van der Waals surface area contributed by atoms with Gasteiger partial charge in [0.25, 0.3) is 0 Å². The smallest absolute Gasteiger partial charge is 0.326 e. The molecule has 390 valence electrons. The van der Waals surface area contributed by atoms with Crippen LogP contribution in [0, 0.1) is 5.92 Å². The van der Waals surface area contributed by atoms with E-state index in [2.05, 4.69) is 67.8 Å². The number of imidazole rings is 2. The molecule has 0 spiro atoms. The summed E-state index contributed by atoms with van der Waals surface area (Å²) in [6.07, 6.45) is 4.25. The van der Waals surface area contributed by atoms with Crippen molar-refractivity contribution in [2.45, 2.75) is 127 Å². The zero-order valence-electron chi connectivity index (χ0n) is 39.2. The average molecular weight is 1000 g/mol. The molecular weight excluding hydrogens is 939 g/mol. The molecular formula is C42H63N15O14. The Morgan fingerprint density at radius 2 is 1.11 bits per heavy atom. The summed E-state index contributed by atoms with van der Waals surface area (Å²) in [4.78, 5) is 167. The molecule has 0 bridgehead atoms. The molecule has 3 rings (SSSR count). The summed E-state index contributed by atoms with van der Waals surface area (Å²) in [7, 11) is 0. The number of carboxylic acids is 2. The van der Waals surface area contributed by atoms with Gasteiger partial charge < -0.3 is 79.5 Å².